The van der Waals surface area contributed by atoms with Crippen LogP contribution in [0.5, 0.6) is 0 Å². The first-order valence-electron chi connectivity index (χ1n) is 12.5. The van der Waals surface area contributed by atoms with Crippen LogP contribution in [0.4, 0.5) is 35.4 Å². The van der Waals surface area contributed by atoms with Crippen molar-refractivity contribution in [2.45, 2.75) is 44.9 Å². The highest BCUT2D eigenvalue weighted by Crippen LogP contribution is 2.31. The van der Waals surface area contributed by atoms with Crippen molar-refractivity contribution in [3.8, 4) is 11.1 Å². The second kappa shape index (κ2) is 11.2. The number of hydrogen-bond donors (Lipinski definition) is 4. The van der Waals surface area contributed by atoms with Crippen molar-refractivity contribution in [2.75, 3.05) is 23.3 Å². The van der Waals surface area contributed by atoms with E-state index in [1.165, 1.54) is 35.2 Å². The quantitative estimate of drug-likeness (QED) is 0.339. The molecule has 0 radical (unpaired) electrons. The number of rotatable bonds is 7. The second-order valence-electron chi connectivity index (χ2n) is 9.68. The van der Waals surface area contributed by atoms with Crippen molar-refractivity contribution in [1.29, 1.82) is 0 Å². The summed E-state index contributed by atoms with van der Waals surface area (Å²) in [5, 5.41) is 14.5. The van der Waals surface area contributed by atoms with Crippen molar-refractivity contribution >= 4 is 29.5 Å². The zero-order valence-electron chi connectivity index (χ0n) is 21.7. The highest BCUT2D eigenvalue weighted by molar-refractivity contribution is 5.98. The third-order valence-electron chi connectivity index (χ3n) is 6.46. The number of nitrogens with two attached hydrogens (primary N) is 1. The molecule has 1 atom stereocenters. The lowest BCUT2D eigenvalue weighted by Crippen LogP contribution is -2.48. The molecule has 0 bridgehead atoms. The van der Waals surface area contributed by atoms with Gasteiger partial charge in [-0.1, -0.05) is 12.1 Å². The number of pyridine rings is 1. The van der Waals surface area contributed by atoms with Gasteiger partial charge in [-0.2, -0.15) is 18.2 Å². The van der Waals surface area contributed by atoms with E-state index in [1.807, 2.05) is 0 Å². The first-order chi connectivity index (χ1) is 18.8. The highest BCUT2D eigenvalue weighted by Gasteiger charge is 2.30. The van der Waals surface area contributed by atoms with Gasteiger partial charge in [0.25, 0.3) is 11.5 Å². The van der Waals surface area contributed by atoms with Crippen LogP contribution in [-0.2, 0) is 6.18 Å². The monoisotopic (exact) mass is 559 g/mol. The molecule has 5 N–H and O–H groups in total. The molecule has 1 saturated heterocycles. The third-order valence-corrected chi connectivity index (χ3v) is 6.46. The zero-order chi connectivity index (χ0) is 29.2. The summed E-state index contributed by atoms with van der Waals surface area (Å²) in [6.07, 6.45) is -1.55. The van der Waals surface area contributed by atoms with Crippen LogP contribution in [0, 0.1) is 0 Å². The molecule has 14 heteroatoms. The van der Waals surface area contributed by atoms with E-state index >= 15 is 0 Å². The van der Waals surface area contributed by atoms with Crippen LogP contribution in [0.2, 0.25) is 0 Å². The number of carbonyl (C=O) groups is 2. The van der Waals surface area contributed by atoms with Crippen molar-refractivity contribution in [3.05, 3.63) is 64.2 Å². The zero-order valence-corrected chi connectivity index (χ0v) is 21.7. The molecule has 3 heterocycles. The molecule has 0 saturated carbocycles. The average Bonchev–Trinajstić information content (AvgIpc) is 2.88. The van der Waals surface area contributed by atoms with E-state index in [2.05, 4.69) is 20.6 Å². The Hall–Kier alpha value is -4.62. The van der Waals surface area contributed by atoms with Crippen LogP contribution in [0.25, 0.3) is 11.1 Å². The van der Waals surface area contributed by atoms with E-state index in [0.29, 0.717) is 31.6 Å². The molecular weight excluding hydrogens is 531 g/mol. The first-order valence-corrected chi connectivity index (χ1v) is 12.5. The molecule has 0 spiro atoms. The number of piperidine rings is 1. The summed E-state index contributed by atoms with van der Waals surface area (Å²) < 4.78 is 40.6. The van der Waals surface area contributed by atoms with Crippen LogP contribution >= 0.6 is 0 Å². The third kappa shape index (κ3) is 6.33. The van der Waals surface area contributed by atoms with Gasteiger partial charge in [-0.3, -0.25) is 9.59 Å². The first kappa shape index (κ1) is 28.4. The van der Waals surface area contributed by atoms with E-state index in [9.17, 15) is 27.6 Å². The van der Waals surface area contributed by atoms with Crippen LogP contribution in [0.1, 0.15) is 48.7 Å². The summed E-state index contributed by atoms with van der Waals surface area (Å²) in [4.78, 5) is 47.0. The summed E-state index contributed by atoms with van der Waals surface area (Å²) >= 11 is 0. The number of benzene rings is 1. The molecule has 40 heavy (non-hydrogen) atoms. The number of carbonyl (C=O) groups excluding carboxylic acids is 1. The van der Waals surface area contributed by atoms with Crippen LogP contribution in [-0.4, -0.2) is 50.8 Å². The predicted octanol–water partition coefficient (Wildman–Crippen LogP) is 3.98. The van der Waals surface area contributed by atoms with Crippen molar-refractivity contribution in [2.24, 2.45) is 5.73 Å². The number of carboxylic acid groups (broad SMARTS) is 1. The molecule has 1 fully saturated rings. The number of hydrogen-bond acceptors (Lipinski definition) is 7. The molecule has 1 aromatic carbocycles. The Kier molecular flexibility index (Phi) is 7.98. The minimum Gasteiger partial charge on any atom is -0.465 e. The fourth-order valence-corrected chi connectivity index (χ4v) is 4.49. The van der Waals surface area contributed by atoms with Gasteiger partial charge in [0.1, 0.15) is 11.4 Å². The van der Waals surface area contributed by atoms with Gasteiger partial charge in [-0.15, -0.1) is 0 Å². The van der Waals surface area contributed by atoms with Gasteiger partial charge >= 0.3 is 12.3 Å². The molecule has 0 aliphatic carbocycles. The van der Waals surface area contributed by atoms with E-state index in [4.69, 9.17) is 10.8 Å². The van der Waals surface area contributed by atoms with E-state index in [1.54, 1.807) is 18.7 Å². The summed E-state index contributed by atoms with van der Waals surface area (Å²) in [6, 6.07) is 5.09. The van der Waals surface area contributed by atoms with E-state index in [0.717, 1.165) is 12.1 Å². The van der Waals surface area contributed by atoms with Crippen LogP contribution in [0.3, 0.4) is 0 Å². The molecule has 1 aliphatic rings. The fourth-order valence-electron chi connectivity index (χ4n) is 4.49. The van der Waals surface area contributed by atoms with Gasteiger partial charge in [0.05, 0.1) is 11.3 Å². The maximum Gasteiger partial charge on any atom is 0.416 e. The lowest BCUT2D eigenvalue weighted by molar-refractivity contribution is -0.137. The molecule has 212 valence electrons. The number of anilines is 3. The number of nitrogens with one attached hydrogen (secondary N) is 2. The Morgan fingerprint density at radius 2 is 1.90 bits per heavy atom. The topological polar surface area (TPSA) is 155 Å². The van der Waals surface area contributed by atoms with Gasteiger partial charge < -0.3 is 30.9 Å². The van der Waals surface area contributed by atoms with E-state index in [-0.39, 0.29) is 40.5 Å². The van der Waals surface area contributed by atoms with Crippen molar-refractivity contribution in [3.63, 3.8) is 0 Å². The predicted molar refractivity (Wildman–Crippen MR) is 142 cm³/mol. The fraction of sp³-hybridized carbons (Fsp3) is 0.346. The van der Waals surface area contributed by atoms with Crippen molar-refractivity contribution in [1.82, 2.24) is 19.9 Å². The standard InChI is InChI=1S/C26H28F3N7O4/c1-14(2)36-13-18(10-19(23(36)38)15-5-7-16(8-6-15)26(27,28)29)32-22-20(21(30)37)11-31-24(34-22)35-9-3-4-17(12-35)33-25(39)40/h5-8,10-11,13-14,17,33H,3-4,9,12H2,1-2H3,(H2,30,37)(H,39,40)(H,31,32,34)/t17-/m0/s1. The smallest absolute Gasteiger partial charge is 0.416 e. The summed E-state index contributed by atoms with van der Waals surface area (Å²) in [5.74, 6) is -0.513. The molecule has 2 amide bonds. The Morgan fingerprint density at radius 1 is 1.20 bits per heavy atom. The number of nitrogens with zero attached hydrogens (tertiary/aromatic N) is 4. The Bertz CT molecular complexity index is 1470. The van der Waals surface area contributed by atoms with Crippen LogP contribution in [0.15, 0.2) is 47.5 Å². The Morgan fingerprint density at radius 3 is 2.50 bits per heavy atom. The average molecular weight is 560 g/mol. The van der Waals surface area contributed by atoms with Gasteiger partial charge in [0, 0.05) is 43.1 Å². The molecule has 4 rings (SSSR count). The second-order valence-corrected chi connectivity index (χ2v) is 9.68. The molecule has 3 aromatic rings. The van der Waals surface area contributed by atoms with E-state index < -0.39 is 29.3 Å². The molecule has 2 aromatic heterocycles. The molecule has 0 unspecified atom stereocenters. The highest BCUT2D eigenvalue weighted by atomic mass is 19.4. The van der Waals surface area contributed by atoms with Crippen LogP contribution < -0.4 is 26.8 Å². The molecule has 11 nitrogen and oxygen atoms in total. The number of aromatic nitrogens is 3. The Balaban J connectivity index is 1.73. The number of alkyl halides is 3. The Labute approximate surface area is 226 Å². The summed E-state index contributed by atoms with van der Waals surface area (Å²) in [6.45, 7) is 4.43. The maximum atomic E-state index is 13.2. The minimum atomic E-state index is -4.52. The largest absolute Gasteiger partial charge is 0.465 e. The van der Waals surface area contributed by atoms with Gasteiger partial charge in [-0.05, 0) is 50.5 Å². The lowest BCUT2D eigenvalue weighted by atomic mass is 10.0. The number of amides is 2. The number of primary amides is 1. The summed E-state index contributed by atoms with van der Waals surface area (Å²) in [5.41, 5.74) is 5.02. The van der Waals surface area contributed by atoms with Gasteiger partial charge in [0.15, 0.2) is 0 Å². The SMILES string of the molecule is CC(C)n1cc(Nc2nc(N3CCC[C@H](NC(=O)O)C3)ncc2C(N)=O)cc(-c2ccc(C(F)(F)F)cc2)c1=O. The maximum absolute atomic E-state index is 13.2. The minimum absolute atomic E-state index is 0.0284. The summed E-state index contributed by atoms with van der Waals surface area (Å²) in [7, 11) is 0. The van der Waals surface area contributed by atoms with Crippen molar-refractivity contribution < 1.29 is 27.9 Å². The molecular formula is C26H28F3N7O4. The number of halogens is 3. The van der Waals surface area contributed by atoms with Gasteiger partial charge in [0.2, 0.25) is 5.95 Å². The lowest BCUT2D eigenvalue weighted by Gasteiger charge is -2.32. The van der Waals surface area contributed by atoms with Gasteiger partial charge in [-0.25, -0.2) is 9.78 Å². The molecule has 1 aliphatic heterocycles. The normalized spacial score (nSPS) is 15.7.